The monoisotopic (exact) mass is 269 g/mol. The average molecular weight is 270 g/mol. The molecule has 0 saturated heterocycles. The summed E-state index contributed by atoms with van der Waals surface area (Å²) in [5, 5.41) is 3.61. The maximum absolute atomic E-state index is 3.61. The maximum Gasteiger partial charge on any atom is 0.000759 e. The van der Waals surface area contributed by atoms with Crippen LogP contribution < -0.4 is 5.32 Å². The van der Waals surface area contributed by atoms with Crippen LogP contribution in [0.15, 0.2) is 0 Å². The first kappa shape index (κ1) is 19.0. The Labute approximate surface area is 122 Å². The fraction of sp³-hybridized carbons (Fsp3) is 1.00. The minimum absolute atomic E-state index is 0.580. The smallest absolute Gasteiger partial charge is 0.000759 e. The molecular weight excluding hydrogens is 230 g/mol. The summed E-state index contributed by atoms with van der Waals surface area (Å²) in [6, 6.07) is 0. The van der Waals surface area contributed by atoms with Gasteiger partial charge in [0.15, 0.2) is 0 Å². The van der Waals surface area contributed by atoms with Gasteiger partial charge >= 0.3 is 0 Å². The predicted octanol–water partition coefficient (Wildman–Crippen LogP) is 5.93. The quantitative estimate of drug-likeness (QED) is 0.385. The molecule has 1 atom stereocenters. The number of hydrogen-bond acceptors (Lipinski definition) is 1. The molecule has 1 N–H and O–H groups in total. The molecule has 0 saturated carbocycles. The summed E-state index contributed by atoms with van der Waals surface area (Å²) in [7, 11) is 0. The third-order valence-electron chi connectivity index (χ3n) is 4.62. The normalized spacial score (nSPS) is 14.5. The molecule has 0 aromatic rings. The van der Waals surface area contributed by atoms with E-state index in [1.807, 2.05) is 0 Å². The van der Waals surface area contributed by atoms with E-state index in [0.717, 1.165) is 6.54 Å². The molecule has 116 valence electrons. The number of nitrogens with one attached hydrogen (secondary N) is 1. The highest BCUT2D eigenvalue weighted by Crippen LogP contribution is 2.34. The Morgan fingerprint density at radius 3 is 1.84 bits per heavy atom. The van der Waals surface area contributed by atoms with Crippen LogP contribution in [0.5, 0.6) is 0 Å². The van der Waals surface area contributed by atoms with Gasteiger partial charge in [0.2, 0.25) is 0 Å². The minimum Gasteiger partial charge on any atom is -0.316 e. The zero-order chi connectivity index (χ0) is 14.4. The second-order valence-corrected chi connectivity index (χ2v) is 6.26. The second kappa shape index (κ2) is 13.0. The van der Waals surface area contributed by atoms with Crippen LogP contribution in [-0.2, 0) is 0 Å². The SMILES string of the molecule is CCCCCCCCC(CC)(CCCC)CNCC. The molecule has 0 fully saturated rings. The zero-order valence-corrected chi connectivity index (χ0v) is 14.2. The van der Waals surface area contributed by atoms with E-state index in [0.29, 0.717) is 5.41 Å². The van der Waals surface area contributed by atoms with Gasteiger partial charge in [0, 0.05) is 6.54 Å². The fourth-order valence-electron chi connectivity index (χ4n) is 3.00. The molecule has 0 aliphatic carbocycles. The first-order valence-corrected chi connectivity index (χ1v) is 8.95. The van der Waals surface area contributed by atoms with Crippen LogP contribution in [0.2, 0.25) is 0 Å². The summed E-state index contributed by atoms with van der Waals surface area (Å²) in [4.78, 5) is 0. The molecule has 0 rings (SSSR count). The van der Waals surface area contributed by atoms with Crippen molar-refractivity contribution in [1.29, 1.82) is 0 Å². The summed E-state index contributed by atoms with van der Waals surface area (Å²) < 4.78 is 0. The van der Waals surface area contributed by atoms with Gasteiger partial charge in [-0.1, -0.05) is 79.1 Å². The number of unbranched alkanes of at least 4 members (excludes halogenated alkanes) is 6. The molecule has 0 spiro atoms. The molecule has 0 heterocycles. The summed E-state index contributed by atoms with van der Waals surface area (Å²) in [6.07, 6.45) is 15.5. The third kappa shape index (κ3) is 9.49. The van der Waals surface area contributed by atoms with E-state index in [2.05, 4.69) is 33.0 Å². The summed E-state index contributed by atoms with van der Waals surface area (Å²) in [6.45, 7) is 11.6. The topological polar surface area (TPSA) is 12.0 Å². The van der Waals surface area contributed by atoms with Crippen molar-refractivity contribution in [3.8, 4) is 0 Å². The first-order valence-electron chi connectivity index (χ1n) is 8.95. The molecule has 0 bridgehead atoms. The largest absolute Gasteiger partial charge is 0.316 e. The van der Waals surface area contributed by atoms with Crippen molar-refractivity contribution in [3.63, 3.8) is 0 Å². The van der Waals surface area contributed by atoms with E-state index in [1.54, 1.807) is 0 Å². The van der Waals surface area contributed by atoms with Gasteiger partial charge in [-0.3, -0.25) is 0 Å². The summed E-state index contributed by atoms with van der Waals surface area (Å²) >= 11 is 0. The molecule has 19 heavy (non-hydrogen) atoms. The maximum atomic E-state index is 3.61. The zero-order valence-electron chi connectivity index (χ0n) is 14.2. The van der Waals surface area contributed by atoms with Gasteiger partial charge in [0.1, 0.15) is 0 Å². The van der Waals surface area contributed by atoms with Crippen LogP contribution in [0.1, 0.15) is 98.3 Å². The lowest BCUT2D eigenvalue weighted by atomic mass is 9.75. The highest BCUT2D eigenvalue weighted by molar-refractivity contribution is 4.80. The molecule has 0 amide bonds. The Morgan fingerprint density at radius 2 is 1.26 bits per heavy atom. The minimum atomic E-state index is 0.580. The molecule has 0 aromatic heterocycles. The van der Waals surface area contributed by atoms with Crippen LogP contribution in [-0.4, -0.2) is 13.1 Å². The van der Waals surface area contributed by atoms with E-state index in [-0.39, 0.29) is 0 Å². The van der Waals surface area contributed by atoms with Crippen molar-refractivity contribution >= 4 is 0 Å². The van der Waals surface area contributed by atoms with Gasteiger partial charge in [-0.15, -0.1) is 0 Å². The lowest BCUT2D eigenvalue weighted by Gasteiger charge is -2.33. The van der Waals surface area contributed by atoms with Crippen molar-refractivity contribution < 1.29 is 0 Å². The van der Waals surface area contributed by atoms with Gasteiger partial charge in [-0.25, -0.2) is 0 Å². The summed E-state index contributed by atoms with van der Waals surface area (Å²) in [5.41, 5.74) is 0.580. The molecule has 1 unspecified atom stereocenters. The Balaban J connectivity index is 4.00. The van der Waals surface area contributed by atoms with E-state index in [4.69, 9.17) is 0 Å². The molecule has 0 aromatic carbocycles. The van der Waals surface area contributed by atoms with Crippen LogP contribution in [0, 0.1) is 5.41 Å². The van der Waals surface area contributed by atoms with Crippen molar-refractivity contribution in [2.45, 2.75) is 98.3 Å². The predicted molar refractivity (Wildman–Crippen MR) is 88.8 cm³/mol. The third-order valence-corrected chi connectivity index (χ3v) is 4.62. The van der Waals surface area contributed by atoms with Crippen molar-refractivity contribution in [1.82, 2.24) is 5.32 Å². The van der Waals surface area contributed by atoms with Crippen LogP contribution in [0.25, 0.3) is 0 Å². The van der Waals surface area contributed by atoms with Gasteiger partial charge in [-0.05, 0) is 31.2 Å². The Morgan fingerprint density at radius 1 is 0.684 bits per heavy atom. The van der Waals surface area contributed by atoms with Gasteiger partial charge < -0.3 is 5.32 Å². The lowest BCUT2D eigenvalue weighted by molar-refractivity contribution is 0.206. The molecular formula is C18H39N. The molecule has 0 radical (unpaired) electrons. The molecule has 1 heteroatoms. The summed E-state index contributed by atoms with van der Waals surface area (Å²) in [5.74, 6) is 0. The average Bonchev–Trinajstić information content (AvgIpc) is 2.45. The van der Waals surface area contributed by atoms with Crippen molar-refractivity contribution in [2.75, 3.05) is 13.1 Å². The van der Waals surface area contributed by atoms with Crippen LogP contribution in [0.3, 0.4) is 0 Å². The van der Waals surface area contributed by atoms with Gasteiger partial charge in [-0.2, -0.15) is 0 Å². The first-order chi connectivity index (χ1) is 9.24. The lowest BCUT2D eigenvalue weighted by Crippen LogP contribution is -2.34. The highest BCUT2D eigenvalue weighted by Gasteiger charge is 2.26. The number of rotatable bonds is 14. The molecule has 0 aliphatic heterocycles. The van der Waals surface area contributed by atoms with Crippen molar-refractivity contribution in [2.24, 2.45) is 5.41 Å². The Hall–Kier alpha value is -0.0400. The van der Waals surface area contributed by atoms with Crippen LogP contribution in [0.4, 0.5) is 0 Å². The van der Waals surface area contributed by atoms with Gasteiger partial charge in [0.25, 0.3) is 0 Å². The van der Waals surface area contributed by atoms with E-state index in [9.17, 15) is 0 Å². The van der Waals surface area contributed by atoms with E-state index < -0.39 is 0 Å². The van der Waals surface area contributed by atoms with E-state index in [1.165, 1.54) is 77.2 Å². The van der Waals surface area contributed by atoms with E-state index >= 15 is 0 Å². The van der Waals surface area contributed by atoms with Crippen molar-refractivity contribution in [3.05, 3.63) is 0 Å². The molecule has 0 aliphatic rings. The fourth-order valence-corrected chi connectivity index (χ4v) is 3.00. The Kier molecular flexibility index (Phi) is 12.9. The molecule has 1 nitrogen and oxygen atoms in total. The van der Waals surface area contributed by atoms with Gasteiger partial charge in [0.05, 0.1) is 0 Å². The Bertz CT molecular complexity index is 169. The number of hydrogen-bond donors (Lipinski definition) is 1. The standard InChI is InChI=1S/C18H39N/c1-5-9-11-12-13-14-16-18(7-3,15-10-6-2)17-19-8-4/h19H,5-17H2,1-4H3. The highest BCUT2D eigenvalue weighted by atomic mass is 14.9. The van der Waals surface area contributed by atoms with Crippen LogP contribution >= 0.6 is 0 Å². The second-order valence-electron chi connectivity index (χ2n) is 6.26.